The highest BCUT2D eigenvalue weighted by atomic mass is 16.6. The van der Waals surface area contributed by atoms with Crippen LogP contribution in [0.15, 0.2) is 60.8 Å². The van der Waals surface area contributed by atoms with Crippen LogP contribution >= 0.6 is 0 Å². The van der Waals surface area contributed by atoms with Crippen LogP contribution in [0.4, 0.5) is 0 Å². The van der Waals surface area contributed by atoms with E-state index in [2.05, 4.69) is 81.5 Å². The van der Waals surface area contributed by atoms with Gasteiger partial charge in [-0.05, 0) is 89.9 Å². The highest BCUT2D eigenvalue weighted by Crippen LogP contribution is 2.15. The van der Waals surface area contributed by atoms with Crippen molar-refractivity contribution in [3.63, 3.8) is 0 Å². The molecule has 0 bridgehead atoms. The number of hydrogen-bond acceptors (Lipinski definition) is 5. The molecule has 0 aromatic rings. The van der Waals surface area contributed by atoms with E-state index in [9.17, 15) is 9.59 Å². The maximum Gasteiger partial charge on any atom is 0.306 e. The first-order valence-electron chi connectivity index (χ1n) is 27.8. The van der Waals surface area contributed by atoms with E-state index in [1.165, 1.54) is 167 Å². The smallest absolute Gasteiger partial charge is 0.306 e. The molecule has 0 spiro atoms. The monoisotopic (exact) mass is 895 g/mol. The van der Waals surface area contributed by atoms with Crippen molar-refractivity contribution in [2.75, 3.05) is 19.8 Å². The summed E-state index contributed by atoms with van der Waals surface area (Å²) in [6.45, 7) is 7.79. The molecule has 0 radical (unpaired) electrons. The summed E-state index contributed by atoms with van der Waals surface area (Å²) < 4.78 is 17.4. The highest BCUT2D eigenvalue weighted by Gasteiger charge is 2.17. The van der Waals surface area contributed by atoms with E-state index in [0.717, 1.165) is 77.0 Å². The average Bonchev–Trinajstić information content (AvgIpc) is 3.30. The van der Waals surface area contributed by atoms with Gasteiger partial charge in [0, 0.05) is 19.4 Å². The fourth-order valence-electron chi connectivity index (χ4n) is 7.84. The van der Waals surface area contributed by atoms with Gasteiger partial charge < -0.3 is 14.2 Å². The van der Waals surface area contributed by atoms with Gasteiger partial charge >= 0.3 is 11.9 Å². The first kappa shape index (κ1) is 61.6. The van der Waals surface area contributed by atoms with E-state index in [4.69, 9.17) is 14.2 Å². The minimum absolute atomic E-state index is 0.0783. The molecule has 5 nitrogen and oxygen atoms in total. The fourth-order valence-corrected chi connectivity index (χ4v) is 7.84. The molecule has 5 heteroatoms. The van der Waals surface area contributed by atoms with Crippen molar-refractivity contribution in [2.24, 2.45) is 0 Å². The van der Waals surface area contributed by atoms with E-state index in [-0.39, 0.29) is 25.2 Å². The topological polar surface area (TPSA) is 61.8 Å². The maximum atomic E-state index is 12.8. The van der Waals surface area contributed by atoms with Gasteiger partial charge in [0.05, 0.1) is 6.61 Å². The quantitative estimate of drug-likeness (QED) is 0.0346. The largest absolute Gasteiger partial charge is 0.462 e. The standard InChI is InChI=1S/C59H106O5/c1-4-7-10-13-16-19-22-24-26-28-30-32-34-36-38-40-43-46-49-52-58(60)63-56-57(55-62-54-51-48-45-42-21-18-15-12-9-6-3)64-59(61)53-50-47-44-41-39-37-35-33-31-29-27-25-23-20-17-14-11-8-5-2/h16-17,19-20,24-27,30,32,57H,4-15,18,21-23,28-29,31,33-56H2,1-3H3/b19-16-,20-17-,26-24-,27-25-,32-30-. The van der Waals surface area contributed by atoms with Crippen molar-refractivity contribution in [1.82, 2.24) is 0 Å². The number of unbranched alkanes of at least 4 members (excludes halogenated alkanes) is 30. The zero-order chi connectivity index (χ0) is 46.3. The Kier molecular flexibility index (Phi) is 52.9. The summed E-state index contributed by atoms with van der Waals surface area (Å²) >= 11 is 0. The molecule has 0 aromatic heterocycles. The zero-order valence-corrected chi connectivity index (χ0v) is 42.8. The average molecular weight is 895 g/mol. The predicted octanol–water partition coefficient (Wildman–Crippen LogP) is 18.9. The van der Waals surface area contributed by atoms with Crippen LogP contribution in [-0.4, -0.2) is 37.9 Å². The number of carbonyl (C=O) groups is 2. The molecule has 1 unspecified atom stereocenters. The molecule has 0 aliphatic carbocycles. The maximum absolute atomic E-state index is 12.8. The predicted molar refractivity (Wildman–Crippen MR) is 279 cm³/mol. The van der Waals surface area contributed by atoms with Gasteiger partial charge in [-0.25, -0.2) is 0 Å². The lowest BCUT2D eigenvalue weighted by Gasteiger charge is -2.18. The molecule has 0 aromatic carbocycles. The lowest BCUT2D eigenvalue weighted by molar-refractivity contribution is -0.163. The Labute approximate surface area is 398 Å². The summed E-state index contributed by atoms with van der Waals surface area (Å²) in [7, 11) is 0. The van der Waals surface area contributed by atoms with Crippen LogP contribution in [0.1, 0.15) is 278 Å². The molecule has 1 atom stereocenters. The van der Waals surface area contributed by atoms with E-state index >= 15 is 0 Å². The van der Waals surface area contributed by atoms with Crippen LogP contribution < -0.4 is 0 Å². The molecular weight excluding hydrogens is 789 g/mol. The summed E-state index contributed by atoms with van der Waals surface area (Å²) in [5.74, 6) is -0.407. The summed E-state index contributed by atoms with van der Waals surface area (Å²) in [5.41, 5.74) is 0. The van der Waals surface area contributed by atoms with Crippen LogP contribution in [-0.2, 0) is 23.8 Å². The molecule has 0 aliphatic heterocycles. The summed E-state index contributed by atoms with van der Waals surface area (Å²) in [4.78, 5) is 25.5. The fraction of sp³-hybridized carbons (Fsp3) is 0.797. The first-order valence-corrected chi connectivity index (χ1v) is 27.8. The van der Waals surface area contributed by atoms with Crippen molar-refractivity contribution in [1.29, 1.82) is 0 Å². The number of rotatable bonds is 51. The molecular formula is C59H106O5. The van der Waals surface area contributed by atoms with E-state index in [1.807, 2.05) is 0 Å². The minimum atomic E-state index is -0.542. The molecule has 0 saturated carbocycles. The molecule has 64 heavy (non-hydrogen) atoms. The van der Waals surface area contributed by atoms with Gasteiger partial charge in [-0.15, -0.1) is 0 Å². The summed E-state index contributed by atoms with van der Waals surface area (Å²) in [6, 6.07) is 0. The first-order chi connectivity index (χ1) is 31.6. The van der Waals surface area contributed by atoms with E-state index < -0.39 is 6.10 Å². The van der Waals surface area contributed by atoms with Gasteiger partial charge in [-0.2, -0.15) is 0 Å². The summed E-state index contributed by atoms with van der Waals surface area (Å²) in [6.07, 6.45) is 69.4. The Morgan fingerprint density at radius 3 is 1.08 bits per heavy atom. The normalized spacial score (nSPS) is 12.6. The zero-order valence-electron chi connectivity index (χ0n) is 42.8. The molecule has 0 fully saturated rings. The van der Waals surface area contributed by atoms with Gasteiger partial charge in [-0.1, -0.05) is 236 Å². The summed E-state index contributed by atoms with van der Waals surface area (Å²) in [5, 5.41) is 0. The second-order valence-corrected chi connectivity index (χ2v) is 18.5. The molecule has 0 aliphatic rings. The number of carbonyl (C=O) groups excluding carboxylic acids is 2. The van der Waals surface area contributed by atoms with Gasteiger partial charge in [0.1, 0.15) is 6.61 Å². The second-order valence-electron chi connectivity index (χ2n) is 18.5. The molecule has 372 valence electrons. The Hall–Kier alpha value is -2.40. The third kappa shape index (κ3) is 52.2. The lowest BCUT2D eigenvalue weighted by Crippen LogP contribution is -2.30. The van der Waals surface area contributed by atoms with Crippen LogP contribution in [0.2, 0.25) is 0 Å². The third-order valence-electron chi connectivity index (χ3n) is 12.0. The van der Waals surface area contributed by atoms with Crippen LogP contribution in [0.25, 0.3) is 0 Å². The second kappa shape index (κ2) is 54.9. The number of allylic oxidation sites excluding steroid dienone is 10. The lowest BCUT2D eigenvalue weighted by atomic mass is 10.1. The van der Waals surface area contributed by atoms with E-state index in [1.54, 1.807) is 0 Å². The van der Waals surface area contributed by atoms with Gasteiger partial charge in [0.15, 0.2) is 6.10 Å². The van der Waals surface area contributed by atoms with Gasteiger partial charge in [0.2, 0.25) is 0 Å². The Morgan fingerprint density at radius 2 is 0.656 bits per heavy atom. The number of hydrogen-bond donors (Lipinski definition) is 0. The number of ether oxygens (including phenoxy) is 3. The van der Waals surface area contributed by atoms with Gasteiger partial charge in [-0.3, -0.25) is 9.59 Å². The van der Waals surface area contributed by atoms with Gasteiger partial charge in [0.25, 0.3) is 0 Å². The van der Waals surface area contributed by atoms with Crippen LogP contribution in [0.5, 0.6) is 0 Å². The minimum Gasteiger partial charge on any atom is -0.462 e. The number of esters is 2. The third-order valence-corrected chi connectivity index (χ3v) is 12.0. The molecule has 0 heterocycles. The Bertz CT molecular complexity index is 1100. The Balaban J connectivity index is 4.21. The highest BCUT2D eigenvalue weighted by molar-refractivity contribution is 5.70. The van der Waals surface area contributed by atoms with Crippen molar-refractivity contribution < 1.29 is 23.8 Å². The van der Waals surface area contributed by atoms with Crippen LogP contribution in [0.3, 0.4) is 0 Å². The van der Waals surface area contributed by atoms with E-state index in [0.29, 0.717) is 19.4 Å². The Morgan fingerprint density at radius 1 is 0.344 bits per heavy atom. The van der Waals surface area contributed by atoms with Crippen molar-refractivity contribution >= 4 is 11.9 Å². The molecule has 0 rings (SSSR count). The van der Waals surface area contributed by atoms with Crippen molar-refractivity contribution in [2.45, 2.75) is 284 Å². The molecule has 0 N–H and O–H groups in total. The molecule has 0 amide bonds. The van der Waals surface area contributed by atoms with Crippen molar-refractivity contribution in [3.8, 4) is 0 Å². The SMILES string of the molecule is CCCCC/C=C\C/C=C\C/C=C\CCCCCCCCC(=O)OCC(COCCCCCCCCCCCC)OC(=O)CCCCCCCCCCC/C=C\C/C=C\CCCCC. The van der Waals surface area contributed by atoms with Crippen molar-refractivity contribution in [3.05, 3.63) is 60.8 Å². The molecule has 0 saturated heterocycles. The van der Waals surface area contributed by atoms with Crippen LogP contribution in [0, 0.1) is 0 Å².